The van der Waals surface area contributed by atoms with Crippen LogP contribution >= 0.6 is 15.9 Å². The van der Waals surface area contributed by atoms with Gasteiger partial charge in [0.15, 0.2) is 0 Å². The first-order valence-electron chi connectivity index (χ1n) is 6.21. The summed E-state index contributed by atoms with van der Waals surface area (Å²) in [5, 5.41) is 3.10. The van der Waals surface area contributed by atoms with E-state index in [4.69, 9.17) is 4.42 Å². The number of hydrogen-bond donors (Lipinski definition) is 1. The molecule has 0 spiro atoms. The van der Waals surface area contributed by atoms with Crippen LogP contribution in [0.1, 0.15) is 37.9 Å². The molecule has 2 unspecified atom stereocenters. The molecule has 0 bridgehead atoms. The summed E-state index contributed by atoms with van der Waals surface area (Å²) in [6.45, 7) is 0. The van der Waals surface area contributed by atoms with Crippen molar-refractivity contribution in [3.63, 3.8) is 0 Å². The van der Waals surface area contributed by atoms with Gasteiger partial charge in [0.05, 0.1) is 6.26 Å². The first-order chi connectivity index (χ1) is 8.25. The molecule has 3 nitrogen and oxygen atoms in total. The Morgan fingerprint density at radius 2 is 2.29 bits per heavy atom. The van der Waals surface area contributed by atoms with Crippen molar-refractivity contribution in [2.75, 3.05) is 0 Å². The molecule has 1 aromatic rings. The molecule has 1 aromatic heterocycles. The SMILES string of the molecule is O=C(CCc1ccco1)NC1CCCCC1Br. The Kier molecular flexibility index (Phi) is 4.66. The third-order valence-corrected chi connectivity index (χ3v) is 4.30. The van der Waals surface area contributed by atoms with E-state index in [1.165, 1.54) is 12.8 Å². The van der Waals surface area contributed by atoms with Gasteiger partial charge in [0.25, 0.3) is 0 Å². The molecular weight excluding hydrogens is 282 g/mol. The summed E-state index contributed by atoms with van der Waals surface area (Å²) in [6.07, 6.45) is 7.54. The molecule has 2 atom stereocenters. The van der Waals surface area contributed by atoms with E-state index in [0.29, 0.717) is 23.7 Å². The number of aryl methyl sites for hydroxylation is 1. The van der Waals surface area contributed by atoms with E-state index in [2.05, 4.69) is 21.2 Å². The number of carbonyl (C=O) groups is 1. The van der Waals surface area contributed by atoms with E-state index >= 15 is 0 Å². The van der Waals surface area contributed by atoms with Crippen LogP contribution in [0.25, 0.3) is 0 Å². The molecule has 0 saturated heterocycles. The summed E-state index contributed by atoms with van der Waals surface area (Å²) in [7, 11) is 0. The maximum absolute atomic E-state index is 11.8. The highest BCUT2D eigenvalue weighted by atomic mass is 79.9. The first kappa shape index (κ1) is 12.7. The maximum Gasteiger partial charge on any atom is 0.220 e. The second kappa shape index (κ2) is 6.24. The lowest BCUT2D eigenvalue weighted by Gasteiger charge is -2.28. The molecule has 0 radical (unpaired) electrons. The molecule has 0 aliphatic heterocycles. The third-order valence-electron chi connectivity index (χ3n) is 3.21. The number of amides is 1. The van der Waals surface area contributed by atoms with Gasteiger partial charge in [-0.3, -0.25) is 4.79 Å². The first-order valence-corrected chi connectivity index (χ1v) is 7.13. The average Bonchev–Trinajstić information content (AvgIpc) is 2.82. The molecule has 1 fully saturated rings. The van der Waals surface area contributed by atoms with Crippen molar-refractivity contribution >= 4 is 21.8 Å². The van der Waals surface area contributed by atoms with E-state index in [-0.39, 0.29) is 5.91 Å². The quantitative estimate of drug-likeness (QED) is 0.868. The van der Waals surface area contributed by atoms with Crippen molar-refractivity contribution in [3.8, 4) is 0 Å². The summed E-state index contributed by atoms with van der Waals surface area (Å²) in [4.78, 5) is 12.2. The second-order valence-electron chi connectivity index (χ2n) is 4.55. The highest BCUT2D eigenvalue weighted by molar-refractivity contribution is 9.09. The van der Waals surface area contributed by atoms with Crippen LogP contribution in [0, 0.1) is 0 Å². The molecule has 4 heteroatoms. The minimum absolute atomic E-state index is 0.123. The van der Waals surface area contributed by atoms with Gasteiger partial charge in [-0.1, -0.05) is 28.8 Å². The molecule has 94 valence electrons. The number of carbonyl (C=O) groups excluding carboxylic acids is 1. The van der Waals surface area contributed by atoms with Crippen LogP contribution in [0.3, 0.4) is 0 Å². The summed E-state index contributed by atoms with van der Waals surface area (Å²) < 4.78 is 5.21. The lowest BCUT2D eigenvalue weighted by molar-refractivity contribution is -0.121. The topological polar surface area (TPSA) is 42.2 Å². The Morgan fingerprint density at radius 1 is 1.47 bits per heavy atom. The molecule has 0 aromatic carbocycles. The minimum atomic E-state index is 0.123. The van der Waals surface area contributed by atoms with Gasteiger partial charge in [-0.25, -0.2) is 0 Å². The summed E-state index contributed by atoms with van der Waals surface area (Å²) in [5.41, 5.74) is 0. The average molecular weight is 300 g/mol. The van der Waals surface area contributed by atoms with Gasteiger partial charge in [-0.05, 0) is 25.0 Å². The Bertz CT molecular complexity index is 350. The highest BCUT2D eigenvalue weighted by Crippen LogP contribution is 2.24. The fraction of sp³-hybridized carbons (Fsp3) is 0.615. The zero-order valence-corrected chi connectivity index (χ0v) is 11.4. The highest BCUT2D eigenvalue weighted by Gasteiger charge is 2.23. The standard InChI is InChI=1S/C13H18BrNO2/c14-11-5-1-2-6-12(11)15-13(16)8-7-10-4-3-9-17-10/h3-4,9,11-12H,1-2,5-8H2,(H,15,16). The van der Waals surface area contributed by atoms with Crippen LogP contribution in [0.2, 0.25) is 0 Å². The van der Waals surface area contributed by atoms with Gasteiger partial charge in [-0.15, -0.1) is 0 Å². The summed E-state index contributed by atoms with van der Waals surface area (Å²) in [5.74, 6) is 0.997. The Morgan fingerprint density at radius 3 is 3.00 bits per heavy atom. The maximum atomic E-state index is 11.8. The van der Waals surface area contributed by atoms with Crippen molar-refractivity contribution in [1.29, 1.82) is 0 Å². The van der Waals surface area contributed by atoms with Crippen molar-refractivity contribution in [1.82, 2.24) is 5.32 Å². The predicted molar refractivity (Wildman–Crippen MR) is 70.1 cm³/mol. The lowest BCUT2D eigenvalue weighted by atomic mass is 9.95. The molecule has 1 N–H and O–H groups in total. The zero-order valence-electron chi connectivity index (χ0n) is 9.82. The van der Waals surface area contributed by atoms with E-state index in [1.54, 1.807) is 6.26 Å². The van der Waals surface area contributed by atoms with Gasteiger partial charge in [0.1, 0.15) is 5.76 Å². The number of alkyl halides is 1. The molecule has 1 aliphatic carbocycles. The molecular formula is C13H18BrNO2. The van der Waals surface area contributed by atoms with Crippen LogP contribution in [0.5, 0.6) is 0 Å². The normalized spacial score (nSPS) is 24.5. The van der Waals surface area contributed by atoms with Crippen molar-refractivity contribution in [2.45, 2.75) is 49.4 Å². The second-order valence-corrected chi connectivity index (χ2v) is 5.73. The van der Waals surface area contributed by atoms with Gasteiger partial charge in [-0.2, -0.15) is 0 Å². The molecule has 1 aliphatic rings. The largest absolute Gasteiger partial charge is 0.469 e. The minimum Gasteiger partial charge on any atom is -0.469 e. The monoisotopic (exact) mass is 299 g/mol. The van der Waals surface area contributed by atoms with Crippen molar-refractivity contribution in [3.05, 3.63) is 24.2 Å². The zero-order chi connectivity index (χ0) is 12.1. The number of nitrogens with one attached hydrogen (secondary N) is 1. The van der Waals surface area contributed by atoms with Crippen LogP contribution < -0.4 is 5.32 Å². The predicted octanol–water partition coefficient (Wildman–Crippen LogP) is 3.03. The molecule has 1 amide bonds. The van der Waals surface area contributed by atoms with E-state index < -0.39 is 0 Å². The van der Waals surface area contributed by atoms with Crippen molar-refractivity contribution in [2.24, 2.45) is 0 Å². The van der Waals surface area contributed by atoms with Crippen LogP contribution in [-0.4, -0.2) is 16.8 Å². The fourth-order valence-electron chi connectivity index (χ4n) is 2.22. The molecule has 2 rings (SSSR count). The fourth-order valence-corrected chi connectivity index (χ4v) is 2.94. The summed E-state index contributed by atoms with van der Waals surface area (Å²) in [6, 6.07) is 4.05. The number of rotatable bonds is 4. The smallest absolute Gasteiger partial charge is 0.220 e. The van der Waals surface area contributed by atoms with Gasteiger partial charge < -0.3 is 9.73 Å². The third kappa shape index (κ3) is 3.87. The molecule has 1 saturated carbocycles. The number of hydrogen-bond acceptors (Lipinski definition) is 2. The number of furan rings is 1. The lowest BCUT2D eigenvalue weighted by Crippen LogP contribution is -2.42. The molecule has 17 heavy (non-hydrogen) atoms. The van der Waals surface area contributed by atoms with E-state index in [0.717, 1.165) is 18.6 Å². The van der Waals surface area contributed by atoms with Crippen LogP contribution in [0.15, 0.2) is 22.8 Å². The summed E-state index contributed by atoms with van der Waals surface area (Å²) >= 11 is 3.64. The van der Waals surface area contributed by atoms with Crippen LogP contribution in [0.4, 0.5) is 0 Å². The molecule has 1 heterocycles. The Labute approximate surface area is 110 Å². The van der Waals surface area contributed by atoms with Gasteiger partial charge >= 0.3 is 0 Å². The van der Waals surface area contributed by atoms with E-state index in [9.17, 15) is 4.79 Å². The van der Waals surface area contributed by atoms with E-state index in [1.807, 2.05) is 12.1 Å². The van der Waals surface area contributed by atoms with Crippen molar-refractivity contribution < 1.29 is 9.21 Å². The number of halogens is 1. The Balaban J connectivity index is 1.73. The Hall–Kier alpha value is -0.770. The van der Waals surface area contributed by atoms with Crippen LogP contribution in [-0.2, 0) is 11.2 Å². The van der Waals surface area contributed by atoms with Gasteiger partial charge in [0, 0.05) is 23.7 Å². The van der Waals surface area contributed by atoms with Gasteiger partial charge in [0.2, 0.25) is 5.91 Å².